The number of likely N-dealkylation sites (tertiary alicyclic amines) is 1. The molecule has 1 N–H and O–H groups in total. The van der Waals surface area contributed by atoms with E-state index in [2.05, 4.69) is 40.6 Å². The number of nitrogens with one attached hydrogen (secondary N) is 1. The molecule has 128 valence electrons. The SMILES string of the molecule is N#CCc1ccc(NC(=O)C2CCN(Cc3ccccc3)CC2)cc1. The predicted molar refractivity (Wildman–Crippen MR) is 98.8 cm³/mol. The van der Waals surface area contributed by atoms with Gasteiger partial charge in [-0.3, -0.25) is 9.69 Å². The van der Waals surface area contributed by atoms with Crippen LogP contribution in [0.5, 0.6) is 0 Å². The first-order valence-electron chi connectivity index (χ1n) is 8.77. The fourth-order valence-corrected chi connectivity index (χ4v) is 3.24. The van der Waals surface area contributed by atoms with Crippen LogP contribution in [0.15, 0.2) is 54.6 Å². The van der Waals surface area contributed by atoms with E-state index in [1.165, 1.54) is 5.56 Å². The lowest BCUT2D eigenvalue weighted by Crippen LogP contribution is -2.37. The van der Waals surface area contributed by atoms with Gasteiger partial charge in [0.05, 0.1) is 12.5 Å². The molecule has 1 heterocycles. The number of piperidine rings is 1. The molecular formula is C21H23N3O. The summed E-state index contributed by atoms with van der Waals surface area (Å²) in [5, 5.41) is 11.7. The van der Waals surface area contributed by atoms with E-state index in [0.717, 1.165) is 43.7 Å². The summed E-state index contributed by atoms with van der Waals surface area (Å²) in [5.74, 6) is 0.179. The van der Waals surface area contributed by atoms with Crippen molar-refractivity contribution >= 4 is 11.6 Å². The van der Waals surface area contributed by atoms with Crippen molar-refractivity contribution in [2.45, 2.75) is 25.8 Å². The van der Waals surface area contributed by atoms with Crippen molar-refractivity contribution in [2.24, 2.45) is 5.92 Å². The molecule has 0 unspecified atom stereocenters. The molecule has 3 rings (SSSR count). The Balaban J connectivity index is 1.47. The van der Waals surface area contributed by atoms with Crippen molar-refractivity contribution in [1.29, 1.82) is 5.26 Å². The van der Waals surface area contributed by atoms with Gasteiger partial charge >= 0.3 is 0 Å². The van der Waals surface area contributed by atoms with Gasteiger partial charge in [-0.05, 0) is 49.2 Å². The number of nitrogens with zero attached hydrogens (tertiary/aromatic N) is 2. The number of amides is 1. The second-order valence-corrected chi connectivity index (χ2v) is 6.56. The van der Waals surface area contributed by atoms with Crippen LogP contribution >= 0.6 is 0 Å². The molecule has 1 aliphatic heterocycles. The van der Waals surface area contributed by atoms with Gasteiger partial charge in [-0.15, -0.1) is 0 Å². The molecule has 1 amide bonds. The molecule has 1 aliphatic rings. The van der Waals surface area contributed by atoms with Crippen molar-refractivity contribution in [2.75, 3.05) is 18.4 Å². The van der Waals surface area contributed by atoms with Gasteiger partial charge in [-0.1, -0.05) is 42.5 Å². The summed E-state index contributed by atoms with van der Waals surface area (Å²) in [4.78, 5) is 14.9. The smallest absolute Gasteiger partial charge is 0.227 e. The fraction of sp³-hybridized carbons (Fsp3) is 0.333. The normalized spacial score (nSPS) is 15.5. The van der Waals surface area contributed by atoms with Crippen LogP contribution < -0.4 is 5.32 Å². The van der Waals surface area contributed by atoms with Crippen LogP contribution in [0, 0.1) is 17.2 Å². The number of carbonyl (C=O) groups excluding carboxylic acids is 1. The average Bonchev–Trinajstić information content (AvgIpc) is 2.65. The van der Waals surface area contributed by atoms with Gasteiger partial charge in [0.25, 0.3) is 0 Å². The van der Waals surface area contributed by atoms with E-state index < -0.39 is 0 Å². The van der Waals surface area contributed by atoms with E-state index >= 15 is 0 Å². The van der Waals surface area contributed by atoms with Crippen LogP contribution in [0.4, 0.5) is 5.69 Å². The Morgan fingerprint density at radius 1 is 1.04 bits per heavy atom. The quantitative estimate of drug-likeness (QED) is 0.909. The van der Waals surface area contributed by atoms with Crippen molar-refractivity contribution in [1.82, 2.24) is 4.90 Å². The van der Waals surface area contributed by atoms with Crippen LogP contribution in [0.1, 0.15) is 24.0 Å². The molecular weight excluding hydrogens is 310 g/mol. The van der Waals surface area contributed by atoms with Crippen LogP contribution in [-0.2, 0) is 17.8 Å². The molecule has 0 aromatic heterocycles. The first kappa shape index (κ1) is 17.2. The van der Waals surface area contributed by atoms with Crippen molar-refractivity contribution in [3.63, 3.8) is 0 Å². The van der Waals surface area contributed by atoms with Gasteiger partial charge < -0.3 is 5.32 Å². The monoisotopic (exact) mass is 333 g/mol. The van der Waals surface area contributed by atoms with Crippen LogP contribution in [0.3, 0.4) is 0 Å². The summed E-state index contributed by atoms with van der Waals surface area (Å²) in [7, 11) is 0. The van der Waals surface area contributed by atoms with E-state index in [1.54, 1.807) is 0 Å². The largest absolute Gasteiger partial charge is 0.326 e. The van der Waals surface area contributed by atoms with Gasteiger partial charge in [0.1, 0.15) is 0 Å². The van der Waals surface area contributed by atoms with Gasteiger partial charge in [0, 0.05) is 18.2 Å². The lowest BCUT2D eigenvalue weighted by molar-refractivity contribution is -0.121. The van der Waals surface area contributed by atoms with E-state index in [9.17, 15) is 4.79 Å². The number of hydrogen-bond donors (Lipinski definition) is 1. The van der Waals surface area contributed by atoms with Gasteiger partial charge in [-0.2, -0.15) is 5.26 Å². The maximum Gasteiger partial charge on any atom is 0.227 e. The fourth-order valence-electron chi connectivity index (χ4n) is 3.24. The molecule has 0 spiro atoms. The standard InChI is InChI=1S/C21H23N3O/c22-13-10-17-6-8-20(9-7-17)23-21(25)19-11-14-24(15-12-19)16-18-4-2-1-3-5-18/h1-9,19H,10-12,14-16H2,(H,23,25). The molecule has 0 aliphatic carbocycles. The number of nitriles is 1. The van der Waals surface area contributed by atoms with E-state index in [-0.39, 0.29) is 11.8 Å². The number of benzene rings is 2. The third kappa shape index (κ3) is 4.91. The maximum atomic E-state index is 12.5. The summed E-state index contributed by atoms with van der Waals surface area (Å²) in [6, 6.07) is 20.1. The molecule has 1 saturated heterocycles. The highest BCUT2D eigenvalue weighted by Gasteiger charge is 2.24. The molecule has 25 heavy (non-hydrogen) atoms. The number of hydrogen-bond acceptors (Lipinski definition) is 3. The van der Waals surface area contributed by atoms with Crippen molar-refractivity contribution < 1.29 is 4.79 Å². The number of anilines is 1. The zero-order valence-corrected chi connectivity index (χ0v) is 14.3. The number of rotatable bonds is 5. The first-order valence-corrected chi connectivity index (χ1v) is 8.77. The average molecular weight is 333 g/mol. The first-order chi connectivity index (χ1) is 12.2. The highest BCUT2D eigenvalue weighted by Crippen LogP contribution is 2.21. The lowest BCUT2D eigenvalue weighted by atomic mass is 9.95. The Bertz CT molecular complexity index is 726. The zero-order chi connectivity index (χ0) is 17.5. The molecule has 0 bridgehead atoms. The van der Waals surface area contributed by atoms with Crippen LogP contribution in [-0.4, -0.2) is 23.9 Å². The van der Waals surface area contributed by atoms with Gasteiger partial charge in [0.2, 0.25) is 5.91 Å². The minimum Gasteiger partial charge on any atom is -0.326 e. The summed E-state index contributed by atoms with van der Waals surface area (Å²) in [6.07, 6.45) is 2.18. The third-order valence-corrected chi connectivity index (χ3v) is 4.71. The molecule has 4 heteroatoms. The molecule has 2 aromatic carbocycles. The number of carbonyl (C=O) groups is 1. The molecule has 4 nitrogen and oxygen atoms in total. The summed E-state index contributed by atoms with van der Waals surface area (Å²) < 4.78 is 0. The summed E-state index contributed by atoms with van der Waals surface area (Å²) >= 11 is 0. The van der Waals surface area contributed by atoms with E-state index in [0.29, 0.717) is 6.42 Å². The summed E-state index contributed by atoms with van der Waals surface area (Å²) in [5.41, 5.74) is 3.09. The van der Waals surface area contributed by atoms with E-state index in [4.69, 9.17) is 5.26 Å². The lowest BCUT2D eigenvalue weighted by Gasteiger charge is -2.31. The van der Waals surface area contributed by atoms with Crippen LogP contribution in [0.25, 0.3) is 0 Å². The Kier molecular flexibility index (Phi) is 5.81. The molecule has 0 radical (unpaired) electrons. The highest BCUT2D eigenvalue weighted by atomic mass is 16.1. The van der Waals surface area contributed by atoms with Gasteiger partial charge in [0.15, 0.2) is 0 Å². The summed E-state index contributed by atoms with van der Waals surface area (Å²) in [6.45, 7) is 2.86. The highest BCUT2D eigenvalue weighted by molar-refractivity contribution is 5.92. The Hall–Kier alpha value is -2.64. The van der Waals surface area contributed by atoms with Crippen molar-refractivity contribution in [3.8, 4) is 6.07 Å². The zero-order valence-electron chi connectivity index (χ0n) is 14.3. The Morgan fingerprint density at radius 2 is 1.72 bits per heavy atom. The maximum absolute atomic E-state index is 12.5. The topological polar surface area (TPSA) is 56.1 Å². The predicted octanol–water partition coefficient (Wildman–Crippen LogP) is 3.60. The second kappa shape index (κ2) is 8.46. The molecule has 2 aromatic rings. The minimum absolute atomic E-state index is 0.0748. The third-order valence-electron chi connectivity index (χ3n) is 4.71. The van der Waals surface area contributed by atoms with Crippen LogP contribution in [0.2, 0.25) is 0 Å². The molecule has 1 fully saturated rings. The van der Waals surface area contributed by atoms with Gasteiger partial charge in [-0.25, -0.2) is 0 Å². The molecule has 0 saturated carbocycles. The van der Waals surface area contributed by atoms with E-state index in [1.807, 2.05) is 30.3 Å². The minimum atomic E-state index is 0.0748. The molecule has 0 atom stereocenters. The van der Waals surface area contributed by atoms with Crippen molar-refractivity contribution in [3.05, 3.63) is 65.7 Å². The Labute approximate surface area is 149 Å². The second-order valence-electron chi connectivity index (χ2n) is 6.56. The Morgan fingerprint density at radius 3 is 2.36 bits per heavy atom.